The average Bonchev–Trinajstić information content (AvgIpc) is 2.29. The Morgan fingerprint density at radius 2 is 2.00 bits per heavy atom. The van der Waals surface area contributed by atoms with E-state index >= 15 is 0 Å². The molecule has 18 heavy (non-hydrogen) atoms. The topological polar surface area (TPSA) is 98.7 Å². The van der Waals surface area contributed by atoms with E-state index in [9.17, 15) is 9.59 Å². The molecule has 4 N–H and O–H groups in total. The fourth-order valence-electron chi connectivity index (χ4n) is 1.09. The molecule has 0 spiro atoms. The molecule has 0 saturated carbocycles. The Morgan fingerprint density at radius 3 is 2.50 bits per heavy atom. The molecule has 0 radical (unpaired) electrons. The van der Waals surface area contributed by atoms with Crippen LogP contribution in [0.3, 0.4) is 0 Å². The fourth-order valence-corrected chi connectivity index (χ4v) is 2.24. The summed E-state index contributed by atoms with van der Waals surface area (Å²) >= 11 is 6.51. The molecule has 1 aromatic rings. The van der Waals surface area contributed by atoms with Crippen LogP contribution < -0.4 is 10.6 Å². The van der Waals surface area contributed by atoms with Crippen molar-refractivity contribution in [2.24, 2.45) is 0 Å². The van der Waals surface area contributed by atoms with E-state index in [4.69, 9.17) is 10.2 Å². The number of aliphatic hydroxyl groups is 1. The summed E-state index contributed by atoms with van der Waals surface area (Å²) < 4.78 is 1.47. The number of halogens is 2. The number of rotatable bonds is 4. The number of hydrogen-bond acceptors (Lipinski definition) is 3. The van der Waals surface area contributed by atoms with Gasteiger partial charge in [-0.05, 0) is 34.1 Å². The Bertz CT molecular complexity index is 467. The minimum atomic E-state index is -1.33. The van der Waals surface area contributed by atoms with Crippen LogP contribution in [0.2, 0.25) is 0 Å². The van der Waals surface area contributed by atoms with Gasteiger partial charge in [-0.3, -0.25) is 0 Å². The lowest BCUT2D eigenvalue weighted by atomic mass is 10.3. The second-order valence-corrected chi connectivity index (χ2v) is 5.07. The highest BCUT2D eigenvalue weighted by Crippen LogP contribution is 2.25. The standard InChI is InChI=1S/C10H10Br2N2O4/c11-5-1-2-7(6(12)3-5)13-10(18)14-8(4-15)9(16)17/h1-3,8,15H,4H2,(H,16,17)(H2,13,14,18)/t8-/m1/s1. The van der Waals surface area contributed by atoms with Gasteiger partial charge in [0, 0.05) is 8.95 Å². The van der Waals surface area contributed by atoms with Crippen LogP contribution in [0.15, 0.2) is 27.1 Å². The molecular formula is C10H10Br2N2O4. The number of urea groups is 1. The molecule has 0 unspecified atom stereocenters. The summed E-state index contributed by atoms with van der Waals surface area (Å²) in [4.78, 5) is 22.1. The van der Waals surface area contributed by atoms with Gasteiger partial charge in [-0.2, -0.15) is 0 Å². The molecule has 8 heteroatoms. The van der Waals surface area contributed by atoms with Crippen LogP contribution in [0.1, 0.15) is 0 Å². The van der Waals surface area contributed by atoms with E-state index in [0.29, 0.717) is 10.2 Å². The second-order valence-electron chi connectivity index (χ2n) is 3.30. The summed E-state index contributed by atoms with van der Waals surface area (Å²) in [7, 11) is 0. The van der Waals surface area contributed by atoms with E-state index in [2.05, 4.69) is 42.5 Å². The number of carboxylic acid groups (broad SMARTS) is 1. The number of carbonyl (C=O) groups excluding carboxylic acids is 1. The third-order valence-corrected chi connectivity index (χ3v) is 3.11. The summed E-state index contributed by atoms with van der Waals surface area (Å²) in [6.45, 7) is -0.676. The van der Waals surface area contributed by atoms with Crippen molar-refractivity contribution in [2.75, 3.05) is 11.9 Å². The molecule has 0 saturated heterocycles. The van der Waals surface area contributed by atoms with Crippen LogP contribution in [0.5, 0.6) is 0 Å². The fraction of sp³-hybridized carbons (Fsp3) is 0.200. The van der Waals surface area contributed by atoms with Crippen molar-refractivity contribution in [1.82, 2.24) is 5.32 Å². The van der Waals surface area contributed by atoms with Crippen LogP contribution in [-0.4, -0.2) is 34.9 Å². The van der Waals surface area contributed by atoms with Gasteiger partial charge in [0.25, 0.3) is 0 Å². The molecule has 1 aromatic carbocycles. The Labute approximate surface area is 120 Å². The first-order valence-corrected chi connectivity index (χ1v) is 6.39. The molecule has 1 rings (SSSR count). The van der Waals surface area contributed by atoms with Crippen molar-refractivity contribution in [3.8, 4) is 0 Å². The van der Waals surface area contributed by atoms with E-state index in [-0.39, 0.29) is 0 Å². The Balaban J connectivity index is 2.67. The quantitative estimate of drug-likeness (QED) is 0.638. The zero-order chi connectivity index (χ0) is 13.7. The maximum absolute atomic E-state index is 11.5. The monoisotopic (exact) mass is 380 g/mol. The third-order valence-electron chi connectivity index (χ3n) is 1.97. The molecule has 0 aliphatic rings. The number of anilines is 1. The zero-order valence-corrected chi connectivity index (χ0v) is 12.2. The maximum Gasteiger partial charge on any atom is 0.328 e. The Hall–Kier alpha value is -1.12. The highest BCUT2D eigenvalue weighted by atomic mass is 79.9. The van der Waals surface area contributed by atoms with Crippen molar-refractivity contribution in [3.05, 3.63) is 27.1 Å². The summed E-state index contributed by atoms with van der Waals surface area (Å²) in [6, 6.07) is 3.05. The van der Waals surface area contributed by atoms with Crippen molar-refractivity contribution < 1.29 is 19.8 Å². The van der Waals surface area contributed by atoms with E-state index in [1.807, 2.05) is 0 Å². The maximum atomic E-state index is 11.5. The van der Waals surface area contributed by atoms with Crippen molar-refractivity contribution in [1.29, 1.82) is 0 Å². The lowest BCUT2D eigenvalue weighted by molar-refractivity contribution is -0.140. The molecule has 98 valence electrons. The number of nitrogens with one attached hydrogen (secondary N) is 2. The van der Waals surface area contributed by atoms with Gasteiger partial charge in [0.05, 0.1) is 12.3 Å². The molecule has 0 fully saturated rings. The van der Waals surface area contributed by atoms with Gasteiger partial charge in [-0.1, -0.05) is 15.9 Å². The van der Waals surface area contributed by atoms with Crippen molar-refractivity contribution in [2.45, 2.75) is 6.04 Å². The number of hydrogen-bond donors (Lipinski definition) is 4. The summed E-state index contributed by atoms with van der Waals surface area (Å²) in [5.41, 5.74) is 0.484. The highest BCUT2D eigenvalue weighted by Gasteiger charge is 2.18. The SMILES string of the molecule is O=C(Nc1ccc(Br)cc1Br)N[C@H](CO)C(=O)O. The highest BCUT2D eigenvalue weighted by molar-refractivity contribution is 9.11. The Morgan fingerprint density at radius 1 is 1.33 bits per heavy atom. The molecule has 6 nitrogen and oxygen atoms in total. The number of amides is 2. The van der Waals surface area contributed by atoms with Crippen LogP contribution in [0, 0.1) is 0 Å². The molecule has 0 bridgehead atoms. The minimum Gasteiger partial charge on any atom is -0.480 e. The van der Waals surface area contributed by atoms with Gasteiger partial charge in [-0.25, -0.2) is 9.59 Å². The van der Waals surface area contributed by atoms with Crippen molar-refractivity contribution >= 4 is 49.5 Å². The van der Waals surface area contributed by atoms with Crippen molar-refractivity contribution in [3.63, 3.8) is 0 Å². The van der Waals surface area contributed by atoms with Crippen LogP contribution in [0.25, 0.3) is 0 Å². The molecule has 0 heterocycles. The predicted molar refractivity (Wildman–Crippen MR) is 72.5 cm³/mol. The van der Waals surface area contributed by atoms with Crippen LogP contribution in [0.4, 0.5) is 10.5 Å². The largest absolute Gasteiger partial charge is 0.480 e. The van der Waals surface area contributed by atoms with E-state index in [0.717, 1.165) is 4.47 Å². The second kappa shape index (κ2) is 6.72. The molecule has 1 atom stereocenters. The van der Waals surface area contributed by atoms with Gasteiger partial charge in [0.1, 0.15) is 0 Å². The van der Waals surface area contributed by atoms with Gasteiger partial charge >= 0.3 is 12.0 Å². The van der Waals surface area contributed by atoms with E-state index < -0.39 is 24.6 Å². The Kier molecular flexibility index (Phi) is 5.57. The molecule has 0 aromatic heterocycles. The summed E-state index contributed by atoms with van der Waals surface area (Å²) in [6.07, 6.45) is 0. The number of aliphatic carboxylic acids is 1. The molecule has 0 aliphatic heterocycles. The first kappa shape index (κ1) is 14.9. The summed E-state index contributed by atoms with van der Waals surface area (Å²) in [5.74, 6) is -1.30. The lowest BCUT2D eigenvalue weighted by Crippen LogP contribution is -2.45. The molecular weight excluding hydrogens is 372 g/mol. The number of benzene rings is 1. The number of carbonyl (C=O) groups is 2. The molecule has 2 amide bonds. The normalized spacial score (nSPS) is 11.7. The lowest BCUT2D eigenvalue weighted by Gasteiger charge is -2.13. The average molecular weight is 382 g/mol. The first-order chi connectivity index (χ1) is 8.43. The molecule has 0 aliphatic carbocycles. The van der Waals surface area contributed by atoms with E-state index in [1.165, 1.54) is 0 Å². The third kappa shape index (κ3) is 4.28. The van der Waals surface area contributed by atoms with Gasteiger partial charge in [0.15, 0.2) is 6.04 Å². The van der Waals surface area contributed by atoms with E-state index in [1.54, 1.807) is 18.2 Å². The first-order valence-electron chi connectivity index (χ1n) is 4.80. The van der Waals surface area contributed by atoms with Crippen LogP contribution >= 0.6 is 31.9 Å². The zero-order valence-electron chi connectivity index (χ0n) is 8.98. The minimum absolute atomic E-state index is 0.484. The smallest absolute Gasteiger partial charge is 0.328 e. The number of aliphatic hydroxyl groups excluding tert-OH is 1. The predicted octanol–water partition coefficient (Wildman–Crippen LogP) is 1.78. The summed E-state index contributed by atoms with van der Waals surface area (Å²) in [5, 5.41) is 22.0. The van der Waals surface area contributed by atoms with Gasteiger partial charge < -0.3 is 20.8 Å². The van der Waals surface area contributed by atoms with Crippen LogP contribution in [-0.2, 0) is 4.79 Å². The van der Waals surface area contributed by atoms with Gasteiger partial charge in [0.2, 0.25) is 0 Å². The van der Waals surface area contributed by atoms with Gasteiger partial charge in [-0.15, -0.1) is 0 Å². The number of carboxylic acids is 1.